The number of nitrogen functional groups attached to an aromatic ring is 1. The summed E-state index contributed by atoms with van der Waals surface area (Å²) in [5.41, 5.74) is 5.50. The number of terminal acetylenes is 1. The number of nitrogens with zero attached hydrogens (tertiary/aromatic N) is 2. The molecule has 0 aliphatic carbocycles. The van der Waals surface area contributed by atoms with Crippen LogP contribution in [0.25, 0.3) is 0 Å². The van der Waals surface area contributed by atoms with Gasteiger partial charge in [-0.1, -0.05) is 6.92 Å². The van der Waals surface area contributed by atoms with Crippen molar-refractivity contribution in [1.29, 1.82) is 0 Å². The molecule has 1 aromatic rings. The lowest BCUT2D eigenvalue weighted by atomic mass is 10.3. The van der Waals surface area contributed by atoms with Gasteiger partial charge < -0.3 is 10.5 Å². The summed E-state index contributed by atoms with van der Waals surface area (Å²) in [6, 6.07) is 4.37. The molecule has 1 aromatic carbocycles. The topological polar surface area (TPSA) is 50.8 Å². The predicted molar refractivity (Wildman–Crippen MR) is 88.7 cm³/mol. The maximum absolute atomic E-state index is 13.2. The number of hydrogen-bond donors (Lipinski definition) is 1. The minimum Gasteiger partial charge on any atom is -0.457 e. The molecule has 1 aliphatic rings. The first-order chi connectivity index (χ1) is 10.6. The second-order valence-electron chi connectivity index (χ2n) is 4.26. The lowest BCUT2D eigenvalue weighted by Gasteiger charge is -2.17. The van der Waals surface area contributed by atoms with E-state index in [2.05, 4.69) is 11.0 Å². The van der Waals surface area contributed by atoms with Gasteiger partial charge in [0.05, 0.1) is 12.2 Å². The molecule has 1 aliphatic heterocycles. The van der Waals surface area contributed by atoms with Gasteiger partial charge in [0.1, 0.15) is 17.3 Å². The molecular weight excluding hydrogens is 281 g/mol. The summed E-state index contributed by atoms with van der Waals surface area (Å²) in [7, 11) is 0. The summed E-state index contributed by atoms with van der Waals surface area (Å²) in [6.07, 6.45) is 12.8. The van der Waals surface area contributed by atoms with E-state index in [-0.39, 0.29) is 5.69 Å². The van der Waals surface area contributed by atoms with E-state index in [0.29, 0.717) is 18.1 Å². The Morgan fingerprint density at radius 1 is 1.55 bits per heavy atom. The number of nitrogens with two attached hydrogens (primary N) is 1. The number of hydrogen-bond acceptors (Lipinski definition) is 4. The number of ether oxygens (including phenoxy) is 1. The molecule has 0 saturated heterocycles. The van der Waals surface area contributed by atoms with E-state index in [4.69, 9.17) is 16.9 Å². The average Bonchev–Trinajstić information content (AvgIpc) is 2.53. The largest absolute Gasteiger partial charge is 0.457 e. The summed E-state index contributed by atoms with van der Waals surface area (Å²) in [4.78, 5) is 0. The molecule has 0 spiro atoms. The molecule has 0 amide bonds. The SMILES string of the molecule is C#CCC.C/C=N\N1C=CC(Oc2ccc(N)c(F)c2)=CC1. The molecule has 116 valence electrons. The molecule has 1 heterocycles. The van der Waals surface area contributed by atoms with Crippen LogP contribution in [0.1, 0.15) is 20.3 Å². The van der Waals surface area contributed by atoms with Gasteiger partial charge >= 0.3 is 0 Å². The Morgan fingerprint density at radius 3 is 2.77 bits per heavy atom. The van der Waals surface area contributed by atoms with Crippen molar-refractivity contribution in [2.75, 3.05) is 12.3 Å². The number of anilines is 1. The predicted octanol–water partition coefficient (Wildman–Crippen LogP) is 3.54. The van der Waals surface area contributed by atoms with Crippen molar-refractivity contribution in [1.82, 2.24) is 5.01 Å². The van der Waals surface area contributed by atoms with Crippen LogP contribution in [0.3, 0.4) is 0 Å². The average molecular weight is 301 g/mol. The summed E-state index contributed by atoms with van der Waals surface area (Å²) in [5, 5.41) is 5.86. The maximum atomic E-state index is 13.2. The van der Waals surface area contributed by atoms with Crippen LogP contribution in [0.4, 0.5) is 10.1 Å². The lowest BCUT2D eigenvalue weighted by molar-refractivity contribution is 0.393. The van der Waals surface area contributed by atoms with Crippen molar-refractivity contribution in [3.63, 3.8) is 0 Å². The minimum atomic E-state index is -0.481. The molecule has 2 rings (SSSR count). The number of rotatable bonds is 3. The molecule has 22 heavy (non-hydrogen) atoms. The van der Waals surface area contributed by atoms with Gasteiger partial charge in [-0.15, -0.1) is 12.3 Å². The second-order valence-corrected chi connectivity index (χ2v) is 4.26. The van der Waals surface area contributed by atoms with Crippen LogP contribution >= 0.6 is 0 Å². The normalized spacial score (nSPS) is 13.2. The number of halogens is 1. The van der Waals surface area contributed by atoms with E-state index in [9.17, 15) is 4.39 Å². The van der Waals surface area contributed by atoms with Crippen molar-refractivity contribution in [2.24, 2.45) is 5.10 Å². The Morgan fingerprint density at radius 2 is 2.27 bits per heavy atom. The van der Waals surface area contributed by atoms with Crippen molar-refractivity contribution in [2.45, 2.75) is 20.3 Å². The lowest BCUT2D eigenvalue weighted by Crippen LogP contribution is -2.14. The molecule has 0 radical (unpaired) electrons. The van der Waals surface area contributed by atoms with E-state index in [0.717, 1.165) is 6.42 Å². The highest BCUT2D eigenvalue weighted by atomic mass is 19.1. The standard InChI is InChI=1S/C13H14FN3O.C4H6/c1-2-16-17-7-5-10(6-8-17)18-11-3-4-13(15)12(14)9-11;1-3-4-2/h2-7,9H,8,15H2,1H3;1H,4H2,2H3/b16-2-;. The first-order valence-electron chi connectivity index (χ1n) is 6.90. The van der Waals surface area contributed by atoms with Crippen LogP contribution in [-0.4, -0.2) is 17.8 Å². The monoisotopic (exact) mass is 301 g/mol. The molecule has 0 aromatic heterocycles. The number of benzene rings is 1. The Kier molecular flexibility index (Phi) is 7.27. The molecule has 0 bridgehead atoms. The fourth-order valence-electron chi connectivity index (χ4n) is 1.49. The van der Waals surface area contributed by atoms with Gasteiger partial charge in [-0.2, -0.15) is 5.10 Å². The quantitative estimate of drug-likeness (QED) is 0.528. The first-order valence-corrected chi connectivity index (χ1v) is 6.90. The summed E-state index contributed by atoms with van der Waals surface area (Å²) < 4.78 is 18.7. The third-order valence-electron chi connectivity index (χ3n) is 2.57. The Hall–Kier alpha value is -2.74. The van der Waals surface area contributed by atoms with Crippen molar-refractivity contribution in [3.05, 3.63) is 48.1 Å². The van der Waals surface area contributed by atoms with Crippen LogP contribution in [-0.2, 0) is 0 Å². The summed E-state index contributed by atoms with van der Waals surface area (Å²) in [6.45, 7) is 4.41. The van der Waals surface area contributed by atoms with E-state index < -0.39 is 5.82 Å². The van der Waals surface area contributed by atoms with Crippen molar-refractivity contribution < 1.29 is 9.13 Å². The minimum absolute atomic E-state index is 0.110. The molecule has 0 atom stereocenters. The first kappa shape index (κ1) is 17.3. The van der Waals surface area contributed by atoms with Crippen molar-refractivity contribution in [3.8, 4) is 18.1 Å². The van der Waals surface area contributed by atoms with Gasteiger partial charge in [0.25, 0.3) is 0 Å². The van der Waals surface area contributed by atoms with Crippen LogP contribution in [0.15, 0.2) is 47.4 Å². The Labute approximate surface area is 130 Å². The Balaban J connectivity index is 0.000000541. The third kappa shape index (κ3) is 5.71. The zero-order valence-corrected chi connectivity index (χ0v) is 12.8. The van der Waals surface area contributed by atoms with Crippen LogP contribution < -0.4 is 10.5 Å². The molecule has 4 nitrogen and oxygen atoms in total. The van der Waals surface area contributed by atoms with Gasteiger partial charge in [-0.25, -0.2) is 4.39 Å². The highest BCUT2D eigenvalue weighted by molar-refractivity contribution is 5.53. The number of hydrazone groups is 1. The van der Waals surface area contributed by atoms with Crippen LogP contribution in [0.2, 0.25) is 0 Å². The molecule has 0 fully saturated rings. The van der Waals surface area contributed by atoms with E-state index in [1.807, 2.05) is 19.9 Å². The van der Waals surface area contributed by atoms with E-state index in [1.165, 1.54) is 12.1 Å². The smallest absolute Gasteiger partial charge is 0.149 e. The van der Waals surface area contributed by atoms with Gasteiger partial charge in [0.15, 0.2) is 0 Å². The third-order valence-corrected chi connectivity index (χ3v) is 2.57. The fraction of sp³-hybridized carbons (Fsp3) is 0.235. The molecule has 0 unspecified atom stereocenters. The van der Waals surface area contributed by atoms with Crippen LogP contribution in [0, 0.1) is 18.2 Å². The maximum Gasteiger partial charge on any atom is 0.149 e. The van der Waals surface area contributed by atoms with Gasteiger partial charge in [-0.3, -0.25) is 5.01 Å². The van der Waals surface area contributed by atoms with Crippen LogP contribution in [0.5, 0.6) is 5.75 Å². The summed E-state index contributed by atoms with van der Waals surface area (Å²) >= 11 is 0. The van der Waals surface area contributed by atoms with Gasteiger partial charge in [0, 0.05) is 24.9 Å². The molecular formula is C17H20FN3O. The van der Waals surface area contributed by atoms with Crippen molar-refractivity contribution >= 4 is 11.9 Å². The van der Waals surface area contributed by atoms with E-state index >= 15 is 0 Å². The molecule has 0 saturated carbocycles. The van der Waals surface area contributed by atoms with E-state index in [1.54, 1.807) is 29.6 Å². The molecule has 5 heteroatoms. The Bertz CT molecular complexity index is 615. The zero-order chi connectivity index (χ0) is 16.4. The number of allylic oxidation sites excluding steroid dienone is 1. The fourth-order valence-corrected chi connectivity index (χ4v) is 1.49. The highest BCUT2D eigenvalue weighted by Crippen LogP contribution is 2.21. The summed E-state index contributed by atoms with van der Waals surface area (Å²) in [5.74, 6) is 3.02. The molecule has 2 N–H and O–H groups in total. The zero-order valence-electron chi connectivity index (χ0n) is 12.8. The highest BCUT2D eigenvalue weighted by Gasteiger charge is 2.06. The second kappa shape index (κ2) is 9.24. The van der Waals surface area contributed by atoms with Gasteiger partial charge in [0.2, 0.25) is 0 Å². The van der Waals surface area contributed by atoms with Gasteiger partial charge in [-0.05, 0) is 31.2 Å².